The molecule has 0 saturated heterocycles. The average Bonchev–Trinajstić information content (AvgIpc) is 2.06. The van der Waals surface area contributed by atoms with Crippen molar-refractivity contribution in [3.8, 4) is 0 Å². The van der Waals surface area contributed by atoms with Crippen molar-refractivity contribution in [2.75, 3.05) is 5.73 Å². The Morgan fingerprint density at radius 2 is 1.93 bits per heavy atom. The third-order valence-corrected chi connectivity index (χ3v) is 2.68. The molecule has 0 spiro atoms. The SMILES string of the molecule is CC(=O)c1c(C(F)(F)F)ccc(N)c1Br. The Balaban J connectivity index is 3.55. The molecule has 0 aliphatic carbocycles. The molecule has 0 fully saturated rings. The van der Waals surface area contributed by atoms with Crippen LogP contribution in [0.5, 0.6) is 0 Å². The van der Waals surface area contributed by atoms with Crippen LogP contribution in [0.3, 0.4) is 0 Å². The Morgan fingerprint density at radius 3 is 2.33 bits per heavy atom. The van der Waals surface area contributed by atoms with Crippen molar-refractivity contribution in [3.05, 3.63) is 27.7 Å². The van der Waals surface area contributed by atoms with Crippen molar-refractivity contribution in [3.63, 3.8) is 0 Å². The topological polar surface area (TPSA) is 43.1 Å². The number of alkyl halides is 3. The van der Waals surface area contributed by atoms with Crippen LogP contribution in [0.4, 0.5) is 18.9 Å². The van der Waals surface area contributed by atoms with Gasteiger partial charge in [-0.05, 0) is 35.0 Å². The lowest BCUT2D eigenvalue weighted by atomic mass is 10.0. The van der Waals surface area contributed by atoms with E-state index in [4.69, 9.17) is 5.73 Å². The molecule has 0 amide bonds. The fourth-order valence-electron chi connectivity index (χ4n) is 1.17. The van der Waals surface area contributed by atoms with Crippen LogP contribution >= 0.6 is 15.9 Å². The summed E-state index contributed by atoms with van der Waals surface area (Å²) in [5, 5.41) is 0. The largest absolute Gasteiger partial charge is 0.417 e. The zero-order valence-corrected chi connectivity index (χ0v) is 9.24. The molecule has 0 bridgehead atoms. The zero-order chi connectivity index (χ0) is 11.8. The number of hydrogen-bond acceptors (Lipinski definition) is 2. The first-order valence-corrected chi connectivity index (χ1v) is 4.70. The average molecular weight is 282 g/mol. The highest BCUT2D eigenvalue weighted by atomic mass is 79.9. The van der Waals surface area contributed by atoms with Crippen molar-refractivity contribution in [1.82, 2.24) is 0 Å². The molecular weight excluding hydrogens is 275 g/mol. The van der Waals surface area contributed by atoms with Crippen LogP contribution in [0.15, 0.2) is 16.6 Å². The summed E-state index contributed by atoms with van der Waals surface area (Å²) in [5.41, 5.74) is 4.10. The van der Waals surface area contributed by atoms with E-state index in [1.54, 1.807) is 0 Å². The predicted molar refractivity (Wildman–Crippen MR) is 53.6 cm³/mol. The molecule has 15 heavy (non-hydrogen) atoms. The minimum atomic E-state index is -4.56. The van der Waals surface area contributed by atoms with Crippen molar-refractivity contribution in [1.29, 1.82) is 0 Å². The van der Waals surface area contributed by atoms with E-state index in [2.05, 4.69) is 15.9 Å². The molecule has 0 aromatic heterocycles. The van der Waals surface area contributed by atoms with Crippen LogP contribution in [-0.2, 0) is 6.18 Å². The Hall–Kier alpha value is -1.04. The number of benzene rings is 1. The predicted octanol–water partition coefficient (Wildman–Crippen LogP) is 3.25. The van der Waals surface area contributed by atoms with Gasteiger partial charge in [0.25, 0.3) is 0 Å². The standard InChI is InChI=1S/C9H7BrF3NO/c1-4(15)7-5(9(11,12)13)2-3-6(14)8(7)10/h2-3H,14H2,1H3. The lowest BCUT2D eigenvalue weighted by molar-refractivity contribution is -0.137. The van der Waals surface area contributed by atoms with Gasteiger partial charge in [0.15, 0.2) is 5.78 Å². The lowest BCUT2D eigenvalue weighted by Gasteiger charge is -2.13. The van der Waals surface area contributed by atoms with Crippen LogP contribution < -0.4 is 5.73 Å². The molecule has 2 N–H and O–H groups in total. The van der Waals surface area contributed by atoms with Crippen LogP contribution in [0.25, 0.3) is 0 Å². The summed E-state index contributed by atoms with van der Waals surface area (Å²) in [6.07, 6.45) is -4.56. The summed E-state index contributed by atoms with van der Waals surface area (Å²) >= 11 is 2.88. The molecule has 82 valence electrons. The first-order valence-electron chi connectivity index (χ1n) is 3.91. The minimum Gasteiger partial charge on any atom is -0.398 e. The number of rotatable bonds is 1. The molecule has 0 aliphatic heterocycles. The molecule has 2 nitrogen and oxygen atoms in total. The Kier molecular flexibility index (Phi) is 3.08. The van der Waals surface area contributed by atoms with E-state index in [1.807, 2.05) is 0 Å². The van der Waals surface area contributed by atoms with Crippen molar-refractivity contribution >= 4 is 27.4 Å². The maximum absolute atomic E-state index is 12.5. The van der Waals surface area contributed by atoms with Gasteiger partial charge >= 0.3 is 6.18 Å². The number of carbonyl (C=O) groups excluding carboxylic acids is 1. The van der Waals surface area contributed by atoms with E-state index < -0.39 is 23.1 Å². The molecule has 1 aromatic carbocycles. The number of Topliss-reactive ketones (excluding diaryl/α,β-unsaturated/α-hetero) is 1. The third kappa shape index (κ3) is 2.31. The molecule has 0 radical (unpaired) electrons. The summed E-state index contributed by atoms with van der Waals surface area (Å²) in [6.45, 7) is 1.06. The van der Waals surface area contributed by atoms with Gasteiger partial charge in [0.05, 0.1) is 10.0 Å². The van der Waals surface area contributed by atoms with Gasteiger partial charge in [-0.1, -0.05) is 0 Å². The highest BCUT2D eigenvalue weighted by molar-refractivity contribution is 9.10. The zero-order valence-electron chi connectivity index (χ0n) is 7.65. The third-order valence-electron chi connectivity index (χ3n) is 1.83. The van der Waals surface area contributed by atoms with Crippen LogP contribution in [-0.4, -0.2) is 5.78 Å². The summed E-state index contributed by atoms with van der Waals surface area (Å²) in [5.74, 6) is -0.679. The second kappa shape index (κ2) is 3.84. The van der Waals surface area contributed by atoms with Crippen LogP contribution in [0.2, 0.25) is 0 Å². The molecule has 0 heterocycles. The Labute approximate surface area is 92.4 Å². The normalized spacial score (nSPS) is 11.5. The fraction of sp³-hybridized carbons (Fsp3) is 0.222. The molecule has 0 unspecified atom stereocenters. The van der Waals surface area contributed by atoms with Gasteiger partial charge in [0.1, 0.15) is 0 Å². The number of anilines is 1. The molecule has 0 aliphatic rings. The van der Waals surface area contributed by atoms with Crippen molar-refractivity contribution < 1.29 is 18.0 Å². The number of ketones is 1. The first kappa shape index (κ1) is 12.0. The van der Waals surface area contributed by atoms with Gasteiger partial charge in [-0.25, -0.2) is 0 Å². The van der Waals surface area contributed by atoms with Gasteiger partial charge in [0, 0.05) is 11.3 Å². The highest BCUT2D eigenvalue weighted by Crippen LogP contribution is 2.37. The van der Waals surface area contributed by atoms with Gasteiger partial charge in [0.2, 0.25) is 0 Å². The molecule has 1 rings (SSSR count). The number of halogens is 4. The summed E-state index contributed by atoms with van der Waals surface area (Å²) < 4.78 is 37.5. The monoisotopic (exact) mass is 281 g/mol. The number of carbonyl (C=O) groups is 1. The number of hydrogen-bond donors (Lipinski definition) is 1. The molecule has 0 saturated carbocycles. The quantitative estimate of drug-likeness (QED) is 0.634. The number of nitrogen functional groups attached to an aromatic ring is 1. The summed E-state index contributed by atoms with van der Waals surface area (Å²) in [7, 11) is 0. The minimum absolute atomic E-state index is 0.00942. The summed E-state index contributed by atoms with van der Waals surface area (Å²) in [4.78, 5) is 11.1. The van der Waals surface area contributed by atoms with E-state index in [9.17, 15) is 18.0 Å². The van der Waals surface area contributed by atoms with Gasteiger partial charge < -0.3 is 5.73 Å². The molecule has 1 aromatic rings. The molecule has 0 atom stereocenters. The maximum Gasteiger partial charge on any atom is 0.417 e. The van der Waals surface area contributed by atoms with Crippen LogP contribution in [0, 0.1) is 0 Å². The van der Waals surface area contributed by atoms with Crippen LogP contribution in [0.1, 0.15) is 22.8 Å². The first-order chi connectivity index (χ1) is 6.75. The number of nitrogens with two attached hydrogens (primary N) is 1. The van der Waals surface area contributed by atoms with E-state index in [0.29, 0.717) is 0 Å². The second-order valence-electron chi connectivity index (χ2n) is 2.95. The molecule has 6 heteroatoms. The van der Waals surface area contributed by atoms with Gasteiger partial charge in [-0.2, -0.15) is 13.2 Å². The van der Waals surface area contributed by atoms with E-state index in [1.165, 1.54) is 0 Å². The van der Waals surface area contributed by atoms with E-state index >= 15 is 0 Å². The van der Waals surface area contributed by atoms with Crippen molar-refractivity contribution in [2.24, 2.45) is 0 Å². The van der Waals surface area contributed by atoms with E-state index in [0.717, 1.165) is 19.1 Å². The highest BCUT2D eigenvalue weighted by Gasteiger charge is 2.35. The smallest absolute Gasteiger partial charge is 0.398 e. The Bertz CT molecular complexity index is 415. The van der Waals surface area contributed by atoms with E-state index in [-0.39, 0.29) is 10.2 Å². The Morgan fingerprint density at radius 1 is 1.40 bits per heavy atom. The van der Waals surface area contributed by atoms with Gasteiger partial charge in [-0.15, -0.1) is 0 Å². The lowest BCUT2D eigenvalue weighted by Crippen LogP contribution is -2.13. The van der Waals surface area contributed by atoms with Gasteiger partial charge in [-0.3, -0.25) is 4.79 Å². The molecular formula is C9H7BrF3NO. The summed E-state index contributed by atoms with van der Waals surface area (Å²) in [6, 6.07) is 1.91. The maximum atomic E-state index is 12.5. The van der Waals surface area contributed by atoms with Crippen molar-refractivity contribution in [2.45, 2.75) is 13.1 Å². The fourth-order valence-corrected chi connectivity index (χ4v) is 1.80. The second-order valence-corrected chi connectivity index (χ2v) is 3.74.